The SMILES string of the molecule is Cc1ccc(CSc2cc(Br)ccc2C(=O)O)cc1C. The van der Waals surface area contributed by atoms with Gasteiger partial charge in [0, 0.05) is 15.1 Å². The minimum Gasteiger partial charge on any atom is -0.478 e. The van der Waals surface area contributed by atoms with Crippen molar-refractivity contribution < 1.29 is 9.90 Å². The second-order valence-corrected chi connectivity index (χ2v) is 6.59. The molecule has 0 spiro atoms. The van der Waals surface area contributed by atoms with Crippen molar-refractivity contribution in [1.82, 2.24) is 0 Å². The van der Waals surface area contributed by atoms with Crippen LogP contribution in [0.15, 0.2) is 45.8 Å². The Kier molecular flexibility index (Phi) is 4.89. The number of hydrogen-bond acceptors (Lipinski definition) is 2. The number of carbonyl (C=O) groups is 1. The van der Waals surface area contributed by atoms with Crippen molar-refractivity contribution in [2.45, 2.75) is 24.5 Å². The fourth-order valence-electron chi connectivity index (χ4n) is 1.85. The number of carboxylic acids is 1. The molecule has 0 fully saturated rings. The van der Waals surface area contributed by atoms with E-state index in [4.69, 9.17) is 0 Å². The van der Waals surface area contributed by atoms with Crippen LogP contribution in [0.2, 0.25) is 0 Å². The summed E-state index contributed by atoms with van der Waals surface area (Å²) >= 11 is 4.93. The van der Waals surface area contributed by atoms with Gasteiger partial charge in [0.1, 0.15) is 0 Å². The number of aryl methyl sites for hydroxylation is 2. The van der Waals surface area contributed by atoms with E-state index >= 15 is 0 Å². The number of aromatic carboxylic acids is 1. The first-order chi connectivity index (χ1) is 9.47. The van der Waals surface area contributed by atoms with E-state index in [1.807, 2.05) is 6.07 Å². The second kappa shape index (κ2) is 6.46. The first kappa shape index (κ1) is 15.1. The lowest BCUT2D eigenvalue weighted by Gasteiger charge is -2.08. The Hall–Kier alpha value is -1.26. The minimum absolute atomic E-state index is 0.349. The van der Waals surface area contributed by atoms with Gasteiger partial charge in [0.25, 0.3) is 0 Å². The van der Waals surface area contributed by atoms with Gasteiger partial charge in [-0.25, -0.2) is 4.79 Å². The zero-order valence-electron chi connectivity index (χ0n) is 11.3. The molecule has 0 unspecified atom stereocenters. The summed E-state index contributed by atoms with van der Waals surface area (Å²) in [5, 5.41) is 9.21. The molecule has 4 heteroatoms. The van der Waals surface area contributed by atoms with Crippen LogP contribution >= 0.6 is 27.7 Å². The van der Waals surface area contributed by atoms with E-state index in [0.717, 1.165) is 15.1 Å². The third kappa shape index (κ3) is 3.64. The van der Waals surface area contributed by atoms with E-state index in [9.17, 15) is 9.90 Å². The van der Waals surface area contributed by atoms with Crippen LogP contribution < -0.4 is 0 Å². The van der Waals surface area contributed by atoms with Crippen molar-refractivity contribution in [2.75, 3.05) is 0 Å². The van der Waals surface area contributed by atoms with Gasteiger partial charge in [0.15, 0.2) is 0 Å². The summed E-state index contributed by atoms with van der Waals surface area (Å²) < 4.78 is 0.894. The average molecular weight is 351 g/mol. The zero-order chi connectivity index (χ0) is 14.7. The van der Waals surface area contributed by atoms with Crippen LogP contribution in [-0.4, -0.2) is 11.1 Å². The molecule has 0 atom stereocenters. The van der Waals surface area contributed by atoms with Gasteiger partial charge in [-0.1, -0.05) is 34.1 Å². The van der Waals surface area contributed by atoms with E-state index in [0.29, 0.717) is 5.56 Å². The highest BCUT2D eigenvalue weighted by atomic mass is 79.9. The molecule has 0 saturated carbocycles. The van der Waals surface area contributed by atoms with Crippen molar-refractivity contribution in [1.29, 1.82) is 0 Å². The summed E-state index contributed by atoms with van der Waals surface area (Å²) in [6.07, 6.45) is 0. The van der Waals surface area contributed by atoms with E-state index in [1.54, 1.807) is 23.9 Å². The van der Waals surface area contributed by atoms with Gasteiger partial charge < -0.3 is 5.11 Å². The number of thioether (sulfide) groups is 1. The molecular formula is C16H15BrO2S. The fourth-order valence-corrected chi connectivity index (χ4v) is 3.38. The van der Waals surface area contributed by atoms with Crippen LogP contribution in [0.4, 0.5) is 0 Å². The van der Waals surface area contributed by atoms with Crippen LogP contribution in [0.25, 0.3) is 0 Å². The molecule has 2 rings (SSSR count). The maximum atomic E-state index is 11.2. The van der Waals surface area contributed by atoms with Crippen LogP contribution in [0.1, 0.15) is 27.0 Å². The maximum Gasteiger partial charge on any atom is 0.336 e. The molecule has 2 nitrogen and oxygen atoms in total. The first-order valence-corrected chi connectivity index (χ1v) is 7.97. The van der Waals surface area contributed by atoms with Crippen molar-refractivity contribution in [3.8, 4) is 0 Å². The Morgan fingerprint density at radius 3 is 2.55 bits per heavy atom. The summed E-state index contributed by atoms with van der Waals surface area (Å²) in [7, 11) is 0. The number of hydrogen-bond donors (Lipinski definition) is 1. The monoisotopic (exact) mass is 350 g/mol. The molecule has 2 aromatic rings. The maximum absolute atomic E-state index is 11.2. The Bertz CT molecular complexity index is 653. The standard InChI is InChI=1S/C16H15BrO2S/c1-10-3-4-12(7-11(10)2)9-20-15-8-13(17)5-6-14(15)16(18)19/h3-8H,9H2,1-2H3,(H,18,19). The van der Waals surface area contributed by atoms with Crippen molar-refractivity contribution in [3.63, 3.8) is 0 Å². The molecule has 0 bridgehead atoms. The predicted octanol–water partition coefficient (Wildman–Crippen LogP) is 5.06. The van der Waals surface area contributed by atoms with Gasteiger partial charge >= 0.3 is 5.97 Å². The second-order valence-electron chi connectivity index (χ2n) is 4.65. The Morgan fingerprint density at radius 1 is 1.15 bits per heavy atom. The quantitative estimate of drug-likeness (QED) is 0.783. The van der Waals surface area contributed by atoms with E-state index in [1.165, 1.54) is 16.7 Å². The van der Waals surface area contributed by atoms with Crippen molar-refractivity contribution >= 4 is 33.7 Å². The smallest absolute Gasteiger partial charge is 0.336 e. The summed E-state index contributed by atoms with van der Waals surface area (Å²) in [6, 6.07) is 11.6. The highest BCUT2D eigenvalue weighted by Gasteiger charge is 2.11. The molecule has 0 amide bonds. The minimum atomic E-state index is -0.889. The van der Waals surface area contributed by atoms with E-state index < -0.39 is 5.97 Å². The molecule has 20 heavy (non-hydrogen) atoms. The van der Waals surface area contributed by atoms with Crippen LogP contribution in [0.3, 0.4) is 0 Å². The van der Waals surface area contributed by atoms with Crippen LogP contribution in [0, 0.1) is 13.8 Å². The molecule has 0 aliphatic heterocycles. The highest BCUT2D eigenvalue weighted by molar-refractivity contribution is 9.10. The third-order valence-electron chi connectivity index (χ3n) is 3.14. The van der Waals surface area contributed by atoms with Gasteiger partial charge in [0.2, 0.25) is 0 Å². The molecule has 104 valence electrons. The molecule has 2 aromatic carbocycles. The van der Waals surface area contributed by atoms with Crippen molar-refractivity contribution in [3.05, 3.63) is 63.1 Å². The first-order valence-electron chi connectivity index (χ1n) is 6.19. The zero-order valence-corrected chi connectivity index (χ0v) is 13.7. The molecule has 0 heterocycles. The lowest BCUT2D eigenvalue weighted by atomic mass is 10.1. The molecule has 0 aliphatic rings. The molecule has 0 saturated heterocycles. The topological polar surface area (TPSA) is 37.3 Å². The summed E-state index contributed by atoms with van der Waals surface area (Å²) in [4.78, 5) is 12.0. The summed E-state index contributed by atoms with van der Waals surface area (Å²) in [5.74, 6) is -0.127. The fraction of sp³-hybridized carbons (Fsp3) is 0.188. The van der Waals surface area contributed by atoms with E-state index in [2.05, 4.69) is 48.0 Å². The summed E-state index contributed by atoms with van der Waals surface area (Å²) in [5.41, 5.74) is 4.08. The molecule has 0 aromatic heterocycles. The molecule has 0 aliphatic carbocycles. The van der Waals surface area contributed by atoms with Gasteiger partial charge in [-0.05, 0) is 48.7 Å². The lowest BCUT2D eigenvalue weighted by Crippen LogP contribution is -1.98. The van der Waals surface area contributed by atoms with Gasteiger partial charge in [-0.15, -0.1) is 11.8 Å². The molecular weight excluding hydrogens is 336 g/mol. The van der Waals surface area contributed by atoms with Crippen LogP contribution in [-0.2, 0) is 5.75 Å². The van der Waals surface area contributed by atoms with E-state index in [-0.39, 0.29) is 0 Å². The number of rotatable bonds is 4. The number of halogens is 1. The Labute approximate surface area is 131 Å². The van der Waals surface area contributed by atoms with Gasteiger partial charge in [-0.2, -0.15) is 0 Å². The largest absolute Gasteiger partial charge is 0.478 e. The average Bonchev–Trinajstić information content (AvgIpc) is 2.40. The number of benzene rings is 2. The van der Waals surface area contributed by atoms with Crippen LogP contribution in [0.5, 0.6) is 0 Å². The Morgan fingerprint density at radius 2 is 1.90 bits per heavy atom. The number of carboxylic acid groups (broad SMARTS) is 1. The predicted molar refractivity (Wildman–Crippen MR) is 86.6 cm³/mol. The molecule has 0 radical (unpaired) electrons. The lowest BCUT2D eigenvalue weighted by molar-refractivity contribution is 0.0693. The normalized spacial score (nSPS) is 10.6. The third-order valence-corrected chi connectivity index (χ3v) is 4.76. The summed E-state index contributed by atoms with van der Waals surface area (Å²) in [6.45, 7) is 4.17. The molecule has 1 N–H and O–H groups in total. The van der Waals surface area contributed by atoms with Gasteiger partial charge in [-0.3, -0.25) is 0 Å². The van der Waals surface area contributed by atoms with Crippen molar-refractivity contribution in [2.24, 2.45) is 0 Å². The highest BCUT2D eigenvalue weighted by Crippen LogP contribution is 2.29. The van der Waals surface area contributed by atoms with Gasteiger partial charge in [0.05, 0.1) is 5.56 Å². The Balaban J connectivity index is 2.20.